The van der Waals surface area contributed by atoms with E-state index in [4.69, 9.17) is 11.2 Å². The van der Waals surface area contributed by atoms with Crippen molar-refractivity contribution in [2.24, 2.45) is 0 Å². The Morgan fingerprint density at radius 1 is 1.00 bits per heavy atom. The lowest BCUT2D eigenvalue weighted by molar-refractivity contribution is 0.762. The van der Waals surface area contributed by atoms with Crippen LogP contribution in [0.2, 0.25) is 0 Å². The summed E-state index contributed by atoms with van der Waals surface area (Å²) in [6.45, 7) is 0. The van der Waals surface area contributed by atoms with E-state index in [2.05, 4.69) is 0 Å². The maximum Gasteiger partial charge on any atom is -0.00208 e. The molecule has 1 heterocycles. The predicted molar refractivity (Wildman–Crippen MR) is 38.3 cm³/mol. The average molecular weight is 134 g/mol. The van der Waals surface area contributed by atoms with Crippen LogP contribution in [0.4, 0.5) is 0 Å². The van der Waals surface area contributed by atoms with E-state index in [-0.39, 0.29) is 0 Å². The van der Waals surface area contributed by atoms with Crippen molar-refractivity contribution < 1.29 is 0 Å². The molecule has 0 nitrogen and oxygen atoms in total. The first-order chi connectivity index (χ1) is 3.39. The first-order valence-electron chi connectivity index (χ1n) is 2.74. The summed E-state index contributed by atoms with van der Waals surface area (Å²) in [7, 11) is 0.393. The monoisotopic (exact) mass is 134 g/mol. The van der Waals surface area contributed by atoms with Crippen molar-refractivity contribution in [1.29, 1.82) is 0 Å². The zero-order chi connectivity index (χ0) is 5.11. The third kappa shape index (κ3) is 1.87. The fraction of sp³-hybridized carbons (Fsp3) is 1.00. The van der Waals surface area contributed by atoms with Gasteiger partial charge < -0.3 is 0 Å². The predicted octanol–water partition coefficient (Wildman–Crippen LogP) is 1.25. The molecule has 0 unspecified atom stereocenters. The zero-order valence-corrected chi connectivity index (χ0v) is 5.99. The second-order valence-electron chi connectivity index (χ2n) is 1.91. The Morgan fingerprint density at radius 3 is 1.86 bits per heavy atom. The zero-order valence-electron chi connectivity index (χ0n) is 4.35. The van der Waals surface area contributed by atoms with E-state index in [0.717, 1.165) is 0 Å². The molecule has 0 aromatic carbocycles. The van der Waals surface area contributed by atoms with E-state index < -0.39 is 0 Å². The van der Waals surface area contributed by atoms with E-state index in [1.807, 2.05) is 0 Å². The average Bonchev–Trinajstić information content (AvgIpc) is 1.69. The highest BCUT2D eigenvalue weighted by Crippen LogP contribution is 2.06. The van der Waals surface area contributed by atoms with Gasteiger partial charge in [0.1, 0.15) is 0 Å². The van der Waals surface area contributed by atoms with Crippen molar-refractivity contribution in [2.45, 2.75) is 19.3 Å². The maximum absolute atomic E-state index is 5.12. The summed E-state index contributed by atoms with van der Waals surface area (Å²) < 4.78 is 0. The number of hydrogen-bond acceptors (Lipinski definition) is 1. The highest BCUT2D eigenvalue weighted by atomic mass is 32.8. The SMILES string of the molecule is S=S1CCCCC1. The molecular formula is C5H10S2. The van der Waals surface area contributed by atoms with Gasteiger partial charge in [0.25, 0.3) is 0 Å². The largest absolute Gasteiger partial charge is 0.122 e. The highest BCUT2D eigenvalue weighted by Gasteiger charge is 2.00. The summed E-state index contributed by atoms with van der Waals surface area (Å²) in [6, 6.07) is 0. The topological polar surface area (TPSA) is 0 Å². The van der Waals surface area contributed by atoms with Gasteiger partial charge in [0.2, 0.25) is 0 Å². The van der Waals surface area contributed by atoms with E-state index in [1.165, 1.54) is 30.8 Å². The molecule has 1 rings (SSSR count). The minimum Gasteiger partial charge on any atom is -0.122 e. The smallest absolute Gasteiger partial charge is 0.00208 e. The molecule has 0 atom stereocenters. The van der Waals surface area contributed by atoms with Crippen LogP contribution in [0.25, 0.3) is 0 Å². The van der Waals surface area contributed by atoms with Crippen molar-refractivity contribution in [3.63, 3.8) is 0 Å². The van der Waals surface area contributed by atoms with Crippen LogP contribution in [0, 0.1) is 0 Å². The number of hydrogen-bond donors (Lipinski definition) is 0. The molecule has 2 heteroatoms. The molecule has 0 aromatic rings. The van der Waals surface area contributed by atoms with E-state index in [0.29, 0.717) is 9.45 Å². The van der Waals surface area contributed by atoms with E-state index >= 15 is 0 Å². The van der Waals surface area contributed by atoms with Gasteiger partial charge in [-0.25, -0.2) is 0 Å². The quantitative estimate of drug-likeness (QED) is 0.480. The second kappa shape index (κ2) is 2.78. The van der Waals surface area contributed by atoms with Crippen LogP contribution in [0.15, 0.2) is 0 Å². The fourth-order valence-corrected chi connectivity index (χ4v) is 2.77. The third-order valence-corrected chi connectivity index (χ3v) is 3.73. The normalized spacial score (nSPS) is 25.1. The van der Waals surface area contributed by atoms with Crippen LogP contribution in [-0.2, 0) is 20.6 Å². The Balaban J connectivity index is 2.25. The summed E-state index contributed by atoms with van der Waals surface area (Å²) >= 11 is 5.12. The fourth-order valence-electron chi connectivity index (χ4n) is 0.805. The molecule has 0 aliphatic carbocycles. The van der Waals surface area contributed by atoms with Crippen LogP contribution < -0.4 is 0 Å². The summed E-state index contributed by atoms with van der Waals surface area (Å²) in [5.74, 6) is 2.66. The van der Waals surface area contributed by atoms with Crippen molar-refractivity contribution in [2.75, 3.05) is 11.5 Å². The maximum atomic E-state index is 5.12. The lowest BCUT2D eigenvalue weighted by atomic mass is 10.3. The number of rotatable bonds is 0. The Hall–Kier alpha value is 0.570. The Morgan fingerprint density at radius 2 is 1.57 bits per heavy atom. The van der Waals surface area contributed by atoms with Gasteiger partial charge >= 0.3 is 0 Å². The van der Waals surface area contributed by atoms with Gasteiger partial charge in [0, 0.05) is 0 Å². The summed E-state index contributed by atoms with van der Waals surface area (Å²) in [5, 5.41) is 0. The molecule has 0 spiro atoms. The minimum atomic E-state index is 0.393. The summed E-state index contributed by atoms with van der Waals surface area (Å²) in [4.78, 5) is 0. The first-order valence-corrected chi connectivity index (χ1v) is 5.23. The van der Waals surface area contributed by atoms with Gasteiger partial charge in [-0.2, -0.15) is 0 Å². The Kier molecular flexibility index (Phi) is 2.26. The molecular weight excluding hydrogens is 124 g/mol. The molecule has 1 aliphatic rings. The second-order valence-corrected chi connectivity index (χ2v) is 5.02. The van der Waals surface area contributed by atoms with Crippen molar-refractivity contribution in [3.05, 3.63) is 0 Å². The van der Waals surface area contributed by atoms with Crippen molar-refractivity contribution in [3.8, 4) is 0 Å². The Bertz CT molecular complexity index is 70.1. The van der Waals surface area contributed by atoms with Crippen LogP contribution in [0.1, 0.15) is 19.3 Å². The molecule has 0 N–H and O–H groups in total. The molecule has 1 aliphatic heterocycles. The first kappa shape index (κ1) is 5.70. The molecule has 0 saturated carbocycles. The van der Waals surface area contributed by atoms with Gasteiger partial charge in [-0.15, -0.1) is 9.45 Å². The molecule has 42 valence electrons. The minimum absolute atomic E-state index is 0.393. The van der Waals surface area contributed by atoms with Crippen molar-refractivity contribution in [1.82, 2.24) is 0 Å². The van der Waals surface area contributed by atoms with Gasteiger partial charge in [0.15, 0.2) is 0 Å². The van der Waals surface area contributed by atoms with Crippen LogP contribution in [-0.4, -0.2) is 11.5 Å². The van der Waals surface area contributed by atoms with Gasteiger partial charge in [-0.3, -0.25) is 0 Å². The standard InChI is InChI=1S/C5H10S2/c6-7-4-2-1-3-5-7/h1-5H2. The van der Waals surface area contributed by atoms with Crippen LogP contribution in [0.5, 0.6) is 0 Å². The van der Waals surface area contributed by atoms with Gasteiger partial charge in [-0.1, -0.05) is 17.6 Å². The lowest BCUT2D eigenvalue weighted by Gasteiger charge is -2.09. The molecule has 7 heavy (non-hydrogen) atoms. The molecule has 0 bridgehead atoms. The molecule has 1 saturated heterocycles. The Labute approximate surface area is 51.9 Å². The molecule has 0 aromatic heterocycles. The third-order valence-electron chi connectivity index (χ3n) is 1.24. The van der Waals surface area contributed by atoms with Gasteiger partial charge in [-0.05, 0) is 24.3 Å². The van der Waals surface area contributed by atoms with Crippen LogP contribution >= 0.6 is 0 Å². The summed E-state index contributed by atoms with van der Waals surface area (Å²) in [5.41, 5.74) is 0. The van der Waals surface area contributed by atoms with Gasteiger partial charge in [0.05, 0.1) is 0 Å². The van der Waals surface area contributed by atoms with Crippen molar-refractivity contribution >= 4 is 20.6 Å². The molecule has 0 amide bonds. The van der Waals surface area contributed by atoms with E-state index in [9.17, 15) is 0 Å². The van der Waals surface area contributed by atoms with E-state index in [1.54, 1.807) is 0 Å². The highest BCUT2D eigenvalue weighted by molar-refractivity contribution is 8.28. The lowest BCUT2D eigenvalue weighted by Crippen LogP contribution is -2.07. The summed E-state index contributed by atoms with van der Waals surface area (Å²) in [6.07, 6.45) is 4.22. The molecule has 1 fully saturated rings. The molecule has 0 radical (unpaired) electrons. The van der Waals surface area contributed by atoms with Crippen LogP contribution in [0.3, 0.4) is 0 Å².